The molecule has 48 heavy (non-hydrogen) atoms. The number of hydrogen-bond donors (Lipinski definition) is 0. The first-order chi connectivity index (χ1) is 22.5. The molecule has 0 unspecified atom stereocenters. The van der Waals surface area contributed by atoms with Crippen molar-refractivity contribution in [3.8, 4) is 0 Å². The third-order valence-electron chi connectivity index (χ3n) is 10.8. The minimum Gasteiger partial charge on any atom is -0.444 e. The molecule has 3 aromatic rings. The maximum atomic E-state index is 14.6. The number of aryl methyl sites for hydroxylation is 1. The minimum absolute atomic E-state index is 0.0219. The Bertz CT molecular complexity index is 1740. The largest absolute Gasteiger partial charge is 0.444 e. The molecule has 4 aliphatic rings. The van der Waals surface area contributed by atoms with E-state index in [4.69, 9.17) is 4.74 Å². The summed E-state index contributed by atoms with van der Waals surface area (Å²) in [4.78, 5) is 31.6. The van der Waals surface area contributed by atoms with Crippen LogP contribution in [-0.4, -0.2) is 63.4 Å². The third kappa shape index (κ3) is 5.81. The van der Waals surface area contributed by atoms with E-state index in [0.29, 0.717) is 49.9 Å². The highest BCUT2D eigenvalue weighted by Crippen LogP contribution is 2.51. The van der Waals surface area contributed by atoms with E-state index in [9.17, 15) is 22.8 Å². The summed E-state index contributed by atoms with van der Waals surface area (Å²) in [6.45, 7) is 9.84. The summed E-state index contributed by atoms with van der Waals surface area (Å²) in [6.07, 6.45) is 0.845. The smallest absolute Gasteiger partial charge is 0.416 e. The van der Waals surface area contributed by atoms with Gasteiger partial charge in [0.2, 0.25) is 0 Å². The van der Waals surface area contributed by atoms with E-state index >= 15 is 0 Å². The molecule has 0 atom stereocenters. The zero-order valence-corrected chi connectivity index (χ0v) is 28.2. The van der Waals surface area contributed by atoms with Crippen LogP contribution in [0, 0.1) is 11.3 Å². The van der Waals surface area contributed by atoms with Gasteiger partial charge in [-0.2, -0.15) is 13.2 Å². The van der Waals surface area contributed by atoms with Crippen LogP contribution >= 0.6 is 0 Å². The predicted octanol–water partition coefficient (Wildman–Crippen LogP) is 6.74. The van der Waals surface area contributed by atoms with Gasteiger partial charge in [-0.05, 0) is 87.8 Å². The number of alkyl halides is 3. The highest BCUT2D eigenvalue weighted by Gasteiger charge is 2.48. The molecule has 0 bridgehead atoms. The van der Waals surface area contributed by atoms with Gasteiger partial charge in [-0.25, -0.2) is 4.79 Å². The van der Waals surface area contributed by atoms with Crippen LogP contribution in [0.15, 0.2) is 42.7 Å². The van der Waals surface area contributed by atoms with Gasteiger partial charge < -0.3 is 24.0 Å². The number of ether oxygens (including phenoxy) is 1. The molecule has 3 fully saturated rings. The van der Waals surface area contributed by atoms with Crippen LogP contribution in [0.1, 0.15) is 86.3 Å². The Kier molecular flexibility index (Phi) is 7.60. The number of aromatic nitrogens is 3. The molecule has 2 aromatic carbocycles. The summed E-state index contributed by atoms with van der Waals surface area (Å²) in [5.41, 5.74) is 0.620. The third-order valence-corrected chi connectivity index (χ3v) is 10.8. The number of fused-ring (bicyclic) bond motifs is 1. The van der Waals surface area contributed by atoms with Gasteiger partial charge in [0.25, 0.3) is 5.91 Å². The highest BCUT2D eigenvalue weighted by molar-refractivity contribution is 6.11. The number of rotatable bonds is 5. The molecule has 4 heterocycles. The lowest BCUT2D eigenvalue weighted by Gasteiger charge is -2.55. The summed E-state index contributed by atoms with van der Waals surface area (Å²) in [5.74, 6) is 0.992. The van der Waals surface area contributed by atoms with E-state index in [1.807, 2.05) is 55.5 Å². The van der Waals surface area contributed by atoms with Crippen molar-refractivity contribution in [2.24, 2.45) is 18.4 Å². The van der Waals surface area contributed by atoms with E-state index in [1.54, 1.807) is 17.3 Å². The second-order valence-electron chi connectivity index (χ2n) is 15.6. The lowest BCUT2D eigenvalue weighted by molar-refractivity contribution is -0.138. The molecule has 3 aliphatic heterocycles. The predicted molar refractivity (Wildman–Crippen MR) is 175 cm³/mol. The number of halogens is 3. The van der Waals surface area contributed by atoms with E-state index in [0.717, 1.165) is 37.1 Å². The molecule has 1 spiro atoms. The van der Waals surface area contributed by atoms with Gasteiger partial charge in [-0.15, -0.1) is 10.2 Å². The normalized spacial score (nSPS) is 23.6. The van der Waals surface area contributed by atoms with E-state index in [1.165, 1.54) is 11.0 Å². The molecule has 1 aliphatic carbocycles. The zero-order valence-electron chi connectivity index (χ0n) is 28.2. The highest BCUT2D eigenvalue weighted by atomic mass is 19.4. The molecule has 256 valence electrons. The first-order valence-electron chi connectivity index (χ1n) is 16.8. The van der Waals surface area contributed by atoms with Crippen molar-refractivity contribution in [3.63, 3.8) is 0 Å². The van der Waals surface area contributed by atoms with Gasteiger partial charge in [0.05, 0.1) is 12.1 Å². The van der Waals surface area contributed by atoms with Crippen molar-refractivity contribution in [2.75, 3.05) is 36.0 Å². The average Bonchev–Trinajstić information content (AvgIpc) is 3.54. The fourth-order valence-corrected chi connectivity index (χ4v) is 8.32. The quantitative estimate of drug-likeness (QED) is 0.301. The molecular formula is C36H43F3N6O3. The van der Waals surface area contributed by atoms with Crippen molar-refractivity contribution in [2.45, 2.75) is 83.5 Å². The molecule has 2 amide bonds. The number of carbonyl (C=O) groups excluding carboxylic acids is 2. The van der Waals surface area contributed by atoms with Crippen LogP contribution in [0.3, 0.4) is 0 Å². The first kappa shape index (κ1) is 32.5. The molecule has 9 nitrogen and oxygen atoms in total. The number of likely N-dealkylation sites (tertiary alicyclic amines) is 1. The van der Waals surface area contributed by atoms with Gasteiger partial charge in [0.15, 0.2) is 0 Å². The maximum Gasteiger partial charge on any atom is 0.416 e. The Morgan fingerprint density at radius 1 is 1.04 bits per heavy atom. The summed E-state index contributed by atoms with van der Waals surface area (Å²) in [6, 6.07) is 10.6. The number of hydrogen-bond acceptors (Lipinski definition) is 6. The van der Waals surface area contributed by atoms with E-state index < -0.39 is 23.2 Å². The van der Waals surface area contributed by atoms with Gasteiger partial charge in [0, 0.05) is 67.4 Å². The Balaban J connectivity index is 1.10. The summed E-state index contributed by atoms with van der Waals surface area (Å²) < 4.78 is 51.1. The number of carbonyl (C=O) groups is 2. The Labute approximate surface area is 279 Å². The van der Waals surface area contributed by atoms with Crippen molar-refractivity contribution >= 4 is 23.4 Å². The Hall–Kier alpha value is -4.09. The fourth-order valence-electron chi connectivity index (χ4n) is 8.32. The van der Waals surface area contributed by atoms with Gasteiger partial charge >= 0.3 is 12.3 Å². The number of benzene rings is 2. The number of piperidine rings is 1. The van der Waals surface area contributed by atoms with Crippen LogP contribution in [0.25, 0.3) is 0 Å². The Morgan fingerprint density at radius 2 is 1.75 bits per heavy atom. The molecule has 0 radical (unpaired) electrons. The second-order valence-corrected chi connectivity index (χ2v) is 15.6. The number of amides is 2. The van der Waals surface area contributed by atoms with Crippen LogP contribution in [0.5, 0.6) is 0 Å². The molecule has 2 saturated heterocycles. The minimum atomic E-state index is -4.61. The van der Waals surface area contributed by atoms with Crippen LogP contribution in [0.4, 0.5) is 29.3 Å². The molecule has 12 heteroatoms. The standard InChI is InChI=1S/C36H43F3N6O3/c1-23-16-35(17-23,18-30-41-40-22-42(30)5)24-7-6-8-25(13-24)45-19-28-27(31(45)46)14-26(15-29(28)36(37,38)39)44-20-34(21-44)9-11-43(12-10-34)32(47)48-33(2,3)4/h6-8,13-15,22-23H,9-12,16-21H2,1-5H3/t23-,35-. The molecule has 0 N–H and O–H groups in total. The SMILES string of the molecule is Cn1cnnc1C[C@]1(c2cccc(N3Cc4c(cc(N5CC6(CCN(C(=O)OC(C)(C)C)CC6)C5)cc4C(F)(F)F)C3=O)c2)C[C@H](C)C1. The summed E-state index contributed by atoms with van der Waals surface area (Å²) in [5, 5.41) is 8.34. The first-order valence-corrected chi connectivity index (χ1v) is 16.8. The molecule has 7 rings (SSSR count). The average molecular weight is 665 g/mol. The molecular weight excluding hydrogens is 621 g/mol. The number of nitrogens with zero attached hydrogens (tertiary/aromatic N) is 6. The van der Waals surface area contributed by atoms with Crippen molar-refractivity contribution < 1.29 is 27.5 Å². The second kappa shape index (κ2) is 11.2. The zero-order chi connectivity index (χ0) is 34.2. The van der Waals surface area contributed by atoms with Gasteiger partial charge in [-0.1, -0.05) is 19.1 Å². The van der Waals surface area contributed by atoms with Crippen LogP contribution < -0.4 is 9.80 Å². The van der Waals surface area contributed by atoms with E-state index in [2.05, 4.69) is 23.2 Å². The fraction of sp³-hybridized carbons (Fsp3) is 0.556. The topological polar surface area (TPSA) is 83.8 Å². The van der Waals surface area contributed by atoms with E-state index in [-0.39, 0.29) is 34.6 Å². The van der Waals surface area contributed by atoms with Gasteiger partial charge in [-0.3, -0.25) is 4.79 Å². The Morgan fingerprint density at radius 3 is 2.35 bits per heavy atom. The summed E-state index contributed by atoms with van der Waals surface area (Å²) >= 11 is 0. The van der Waals surface area contributed by atoms with Crippen molar-refractivity contribution in [1.29, 1.82) is 0 Å². The summed E-state index contributed by atoms with van der Waals surface area (Å²) in [7, 11) is 1.92. The number of anilines is 2. The lowest BCUT2D eigenvalue weighted by atomic mass is 9.57. The molecule has 1 saturated carbocycles. The monoisotopic (exact) mass is 664 g/mol. The van der Waals surface area contributed by atoms with Crippen molar-refractivity contribution in [3.05, 3.63) is 70.8 Å². The lowest BCUT2D eigenvalue weighted by Crippen LogP contribution is -2.61. The van der Waals surface area contributed by atoms with Crippen LogP contribution in [-0.2, 0) is 36.3 Å². The maximum absolute atomic E-state index is 14.6. The van der Waals surface area contributed by atoms with Crippen molar-refractivity contribution in [1.82, 2.24) is 19.7 Å². The van der Waals surface area contributed by atoms with Crippen LogP contribution in [0.2, 0.25) is 0 Å². The van der Waals surface area contributed by atoms with Gasteiger partial charge in [0.1, 0.15) is 17.8 Å². The molecule has 1 aromatic heterocycles.